The third-order valence-electron chi connectivity index (χ3n) is 4.57. The first-order chi connectivity index (χ1) is 10.3. The molecule has 1 saturated carbocycles. The van der Waals surface area contributed by atoms with E-state index < -0.39 is 0 Å². The largest absolute Gasteiger partial charge is 0.497 e. The number of morpholine rings is 1. The van der Waals surface area contributed by atoms with Crippen molar-refractivity contribution in [1.29, 1.82) is 0 Å². The smallest absolute Gasteiger partial charge is 0.227 e. The van der Waals surface area contributed by atoms with Crippen molar-refractivity contribution in [2.45, 2.75) is 44.2 Å². The standard InChI is InChI=1S/C17H23NO3/c1-20-14-8-6-13(7-9-14)12-17(19)18-10-11-21-16-5-3-2-4-15(16)18/h6-9,15-16H,2-5,10-12H2,1H3/t15-,16-/m1/s1. The maximum Gasteiger partial charge on any atom is 0.227 e. The minimum absolute atomic E-state index is 0.223. The summed E-state index contributed by atoms with van der Waals surface area (Å²) in [6.07, 6.45) is 5.33. The van der Waals surface area contributed by atoms with E-state index in [9.17, 15) is 4.79 Å². The van der Waals surface area contributed by atoms with Crippen molar-refractivity contribution in [3.05, 3.63) is 29.8 Å². The molecule has 2 fully saturated rings. The molecule has 0 unspecified atom stereocenters. The Balaban J connectivity index is 1.65. The summed E-state index contributed by atoms with van der Waals surface area (Å²) in [5.41, 5.74) is 1.04. The number of hydrogen-bond acceptors (Lipinski definition) is 3. The summed E-state index contributed by atoms with van der Waals surface area (Å²) in [5, 5.41) is 0. The van der Waals surface area contributed by atoms with Gasteiger partial charge in [-0.25, -0.2) is 0 Å². The topological polar surface area (TPSA) is 38.8 Å². The number of hydrogen-bond donors (Lipinski definition) is 0. The monoisotopic (exact) mass is 289 g/mol. The van der Waals surface area contributed by atoms with Crippen LogP contribution in [0.4, 0.5) is 0 Å². The van der Waals surface area contributed by atoms with E-state index in [1.54, 1.807) is 7.11 Å². The molecule has 21 heavy (non-hydrogen) atoms. The van der Waals surface area contributed by atoms with Gasteiger partial charge in [-0.2, -0.15) is 0 Å². The number of nitrogens with zero attached hydrogens (tertiary/aromatic N) is 1. The van der Waals surface area contributed by atoms with Crippen molar-refractivity contribution in [2.75, 3.05) is 20.3 Å². The van der Waals surface area contributed by atoms with Crippen LogP contribution in [0, 0.1) is 0 Å². The molecule has 114 valence electrons. The lowest BCUT2D eigenvalue weighted by Crippen LogP contribution is -2.55. The lowest BCUT2D eigenvalue weighted by Gasteiger charge is -2.43. The third-order valence-corrected chi connectivity index (χ3v) is 4.57. The fourth-order valence-corrected chi connectivity index (χ4v) is 3.43. The van der Waals surface area contributed by atoms with Gasteiger partial charge < -0.3 is 14.4 Å². The lowest BCUT2D eigenvalue weighted by atomic mass is 9.90. The number of ether oxygens (including phenoxy) is 2. The van der Waals surface area contributed by atoms with Crippen molar-refractivity contribution >= 4 is 5.91 Å². The molecule has 0 radical (unpaired) electrons. The van der Waals surface area contributed by atoms with Gasteiger partial charge in [-0.3, -0.25) is 4.79 Å². The molecule has 1 aliphatic heterocycles. The Morgan fingerprint density at radius 3 is 2.81 bits per heavy atom. The Kier molecular flexibility index (Phi) is 4.44. The summed E-state index contributed by atoms with van der Waals surface area (Å²) < 4.78 is 11.0. The first-order valence-corrected chi connectivity index (χ1v) is 7.82. The Labute approximate surface area is 126 Å². The van der Waals surface area contributed by atoms with Crippen LogP contribution in [-0.2, 0) is 16.0 Å². The maximum absolute atomic E-state index is 12.6. The van der Waals surface area contributed by atoms with Crippen molar-refractivity contribution in [2.24, 2.45) is 0 Å². The van der Waals surface area contributed by atoms with Gasteiger partial charge in [-0.1, -0.05) is 25.0 Å². The van der Waals surface area contributed by atoms with Gasteiger partial charge in [0, 0.05) is 6.54 Å². The van der Waals surface area contributed by atoms with Gasteiger partial charge in [0.25, 0.3) is 0 Å². The molecule has 3 rings (SSSR count). The minimum Gasteiger partial charge on any atom is -0.497 e. The zero-order valence-corrected chi connectivity index (χ0v) is 12.6. The molecule has 2 aliphatic rings. The van der Waals surface area contributed by atoms with E-state index in [1.165, 1.54) is 12.8 Å². The fourth-order valence-electron chi connectivity index (χ4n) is 3.43. The average Bonchev–Trinajstić information content (AvgIpc) is 2.55. The zero-order valence-electron chi connectivity index (χ0n) is 12.6. The second-order valence-electron chi connectivity index (χ2n) is 5.87. The van der Waals surface area contributed by atoms with Crippen LogP contribution in [0.2, 0.25) is 0 Å². The number of carbonyl (C=O) groups is 1. The molecule has 1 aromatic carbocycles. The minimum atomic E-state index is 0.223. The Morgan fingerprint density at radius 1 is 1.29 bits per heavy atom. The fraction of sp³-hybridized carbons (Fsp3) is 0.588. The molecule has 0 N–H and O–H groups in total. The molecule has 1 saturated heterocycles. The molecule has 2 atom stereocenters. The van der Waals surface area contributed by atoms with E-state index in [0.29, 0.717) is 19.1 Å². The average molecular weight is 289 g/mol. The van der Waals surface area contributed by atoms with E-state index in [0.717, 1.165) is 30.7 Å². The predicted octanol–water partition coefficient (Wildman–Crippen LogP) is 2.41. The summed E-state index contributed by atoms with van der Waals surface area (Å²) >= 11 is 0. The van der Waals surface area contributed by atoms with E-state index >= 15 is 0 Å². The van der Waals surface area contributed by atoms with Crippen molar-refractivity contribution in [3.63, 3.8) is 0 Å². The van der Waals surface area contributed by atoms with Crippen LogP contribution < -0.4 is 4.74 Å². The highest BCUT2D eigenvalue weighted by atomic mass is 16.5. The predicted molar refractivity (Wildman–Crippen MR) is 80.4 cm³/mol. The molecule has 1 heterocycles. The van der Waals surface area contributed by atoms with Gasteiger partial charge in [-0.05, 0) is 30.5 Å². The third kappa shape index (κ3) is 3.21. The zero-order chi connectivity index (χ0) is 14.7. The Bertz CT molecular complexity index is 483. The number of rotatable bonds is 3. The molecule has 4 nitrogen and oxygen atoms in total. The van der Waals surface area contributed by atoms with Crippen LogP contribution in [-0.4, -0.2) is 43.2 Å². The highest BCUT2D eigenvalue weighted by Gasteiger charge is 2.36. The highest BCUT2D eigenvalue weighted by molar-refractivity contribution is 5.79. The molecule has 1 amide bonds. The van der Waals surface area contributed by atoms with Crippen LogP contribution in [0.3, 0.4) is 0 Å². The van der Waals surface area contributed by atoms with Gasteiger partial charge in [0.2, 0.25) is 5.91 Å². The molecule has 1 aliphatic carbocycles. The van der Waals surface area contributed by atoms with Crippen LogP contribution in [0.25, 0.3) is 0 Å². The van der Waals surface area contributed by atoms with Gasteiger partial charge in [0.15, 0.2) is 0 Å². The summed E-state index contributed by atoms with van der Waals surface area (Å²) in [6, 6.07) is 8.04. The van der Waals surface area contributed by atoms with Crippen molar-refractivity contribution < 1.29 is 14.3 Å². The van der Waals surface area contributed by atoms with E-state index in [2.05, 4.69) is 4.90 Å². The van der Waals surface area contributed by atoms with Crippen LogP contribution >= 0.6 is 0 Å². The molecule has 4 heteroatoms. The maximum atomic E-state index is 12.6. The normalized spacial score (nSPS) is 25.3. The first kappa shape index (κ1) is 14.4. The SMILES string of the molecule is COc1ccc(CC(=O)N2CCO[C@@H]3CCCC[C@H]32)cc1. The van der Waals surface area contributed by atoms with Gasteiger partial charge >= 0.3 is 0 Å². The van der Waals surface area contributed by atoms with E-state index in [4.69, 9.17) is 9.47 Å². The second kappa shape index (κ2) is 6.48. The quantitative estimate of drug-likeness (QED) is 0.857. The molecule has 0 spiro atoms. The Hall–Kier alpha value is -1.55. The number of methoxy groups -OCH3 is 1. The molecule has 0 aromatic heterocycles. The molecular formula is C17H23NO3. The summed E-state index contributed by atoms with van der Waals surface area (Å²) in [6.45, 7) is 1.41. The summed E-state index contributed by atoms with van der Waals surface area (Å²) in [4.78, 5) is 14.7. The Morgan fingerprint density at radius 2 is 2.05 bits per heavy atom. The highest BCUT2D eigenvalue weighted by Crippen LogP contribution is 2.29. The number of carbonyl (C=O) groups excluding carboxylic acids is 1. The van der Waals surface area contributed by atoms with Crippen LogP contribution in [0.5, 0.6) is 5.75 Å². The molecule has 0 bridgehead atoms. The van der Waals surface area contributed by atoms with Crippen LogP contribution in [0.15, 0.2) is 24.3 Å². The summed E-state index contributed by atoms with van der Waals surface area (Å²) in [5.74, 6) is 1.05. The summed E-state index contributed by atoms with van der Waals surface area (Å²) in [7, 11) is 1.65. The second-order valence-corrected chi connectivity index (χ2v) is 5.87. The van der Waals surface area contributed by atoms with Crippen molar-refractivity contribution in [3.8, 4) is 5.75 Å². The van der Waals surface area contributed by atoms with Gasteiger partial charge in [-0.15, -0.1) is 0 Å². The number of amides is 1. The molecule has 1 aromatic rings. The van der Waals surface area contributed by atoms with Crippen molar-refractivity contribution in [1.82, 2.24) is 4.90 Å². The van der Waals surface area contributed by atoms with E-state index in [1.807, 2.05) is 24.3 Å². The number of fused-ring (bicyclic) bond motifs is 1. The van der Waals surface area contributed by atoms with Gasteiger partial charge in [0.1, 0.15) is 5.75 Å². The van der Waals surface area contributed by atoms with E-state index in [-0.39, 0.29) is 12.0 Å². The first-order valence-electron chi connectivity index (χ1n) is 7.82. The molecular weight excluding hydrogens is 266 g/mol. The number of benzene rings is 1. The van der Waals surface area contributed by atoms with Gasteiger partial charge in [0.05, 0.1) is 32.3 Å². The lowest BCUT2D eigenvalue weighted by molar-refractivity contribution is -0.148. The van der Waals surface area contributed by atoms with Crippen LogP contribution in [0.1, 0.15) is 31.2 Å².